The third kappa shape index (κ3) is 10.3. The van der Waals surface area contributed by atoms with Crippen LogP contribution in [0.5, 0.6) is 0 Å². The minimum atomic E-state index is 0. The predicted octanol–water partition coefficient (Wildman–Crippen LogP) is 1.31. The van der Waals surface area contributed by atoms with Crippen LogP contribution >= 0.6 is 0 Å². The van der Waals surface area contributed by atoms with Gasteiger partial charge >= 0.3 is 26.2 Å². The summed E-state index contributed by atoms with van der Waals surface area (Å²) in [5.74, 6) is 0. The summed E-state index contributed by atoms with van der Waals surface area (Å²) >= 11 is 0. The predicted molar refractivity (Wildman–Crippen MR) is 115 cm³/mol. The maximum Gasteiger partial charge on any atom is 4.00 e. The fourth-order valence-electron chi connectivity index (χ4n) is 2.86. The molecular weight excluding hydrogens is 661 g/mol. The first-order chi connectivity index (χ1) is 12.1. The molecule has 0 aliphatic carbocycles. The van der Waals surface area contributed by atoms with Gasteiger partial charge in [0.2, 0.25) is 0 Å². The van der Waals surface area contributed by atoms with Crippen molar-refractivity contribution in [3.05, 3.63) is 83.9 Å². The summed E-state index contributed by atoms with van der Waals surface area (Å²) < 4.78 is 0. The van der Waals surface area contributed by atoms with Gasteiger partial charge in [-0.3, -0.25) is 0 Å². The summed E-state index contributed by atoms with van der Waals surface area (Å²) in [6.45, 7) is 8.70. The van der Waals surface area contributed by atoms with E-state index in [9.17, 15) is 0 Å². The third-order valence-electron chi connectivity index (χ3n) is 4.02. The summed E-state index contributed by atoms with van der Waals surface area (Å²) in [6, 6.07) is 28.4. The average molecular weight is 690 g/mol. The molecule has 0 fully saturated rings. The molecule has 0 nitrogen and oxygen atoms in total. The van der Waals surface area contributed by atoms with Gasteiger partial charge in [0.15, 0.2) is 0 Å². The molecular formula is C24H28I2SiZr. The molecule has 4 heteroatoms. The zero-order valence-corrected chi connectivity index (χ0v) is 24.9. The molecule has 0 aliphatic heterocycles. The van der Waals surface area contributed by atoms with Gasteiger partial charge in [0, 0.05) is 9.52 Å². The quantitative estimate of drug-likeness (QED) is 0.169. The van der Waals surface area contributed by atoms with E-state index in [0.717, 1.165) is 0 Å². The Kier molecular flexibility index (Phi) is 18.4. The Labute approximate surface area is 226 Å². The van der Waals surface area contributed by atoms with Crippen LogP contribution in [-0.2, 0) is 26.2 Å². The van der Waals surface area contributed by atoms with E-state index in [0.29, 0.717) is 0 Å². The first-order valence-electron chi connectivity index (χ1n) is 9.09. The Bertz CT molecular complexity index is 756. The van der Waals surface area contributed by atoms with Crippen molar-refractivity contribution in [2.24, 2.45) is 0 Å². The smallest absolute Gasteiger partial charge is 1.00 e. The molecule has 2 radical (unpaired) electrons. The zero-order valence-electron chi connectivity index (χ0n) is 17.1. The molecule has 0 aliphatic rings. The molecule has 0 amide bonds. The number of hydrogen-bond donors (Lipinski definition) is 0. The second-order valence-electron chi connectivity index (χ2n) is 6.28. The van der Waals surface area contributed by atoms with Crippen molar-refractivity contribution >= 4 is 31.1 Å². The van der Waals surface area contributed by atoms with Crippen molar-refractivity contribution in [2.45, 2.75) is 39.8 Å². The fraction of sp³-hybridized carbons (Fsp3) is 0.250. The van der Waals surface area contributed by atoms with E-state index >= 15 is 0 Å². The number of benzene rings is 2. The van der Waals surface area contributed by atoms with Crippen LogP contribution in [0.1, 0.15) is 25.0 Å². The van der Waals surface area contributed by atoms with Crippen molar-refractivity contribution in [1.82, 2.24) is 0 Å². The number of aryl methyl sites for hydroxylation is 2. The average Bonchev–Trinajstić information content (AvgIpc) is 3.17. The van der Waals surface area contributed by atoms with Gasteiger partial charge in [0.05, 0.1) is 0 Å². The molecule has 0 atom stereocenters. The van der Waals surface area contributed by atoms with Crippen molar-refractivity contribution in [3.8, 4) is 0 Å². The van der Waals surface area contributed by atoms with Gasteiger partial charge in [-0.25, -0.2) is 0 Å². The van der Waals surface area contributed by atoms with E-state index in [2.05, 4.69) is 100 Å². The minimum absolute atomic E-state index is 0. The van der Waals surface area contributed by atoms with E-state index in [1.807, 2.05) is 0 Å². The molecule has 0 spiro atoms. The molecule has 0 saturated heterocycles. The number of hydrogen-bond acceptors (Lipinski definition) is 0. The Morgan fingerprint density at radius 3 is 1.32 bits per heavy atom. The summed E-state index contributed by atoms with van der Waals surface area (Å²) in [4.78, 5) is 0. The van der Waals surface area contributed by atoms with Gasteiger partial charge in [-0.2, -0.15) is 12.1 Å². The molecule has 146 valence electrons. The topological polar surface area (TPSA) is 0 Å². The molecule has 0 unspecified atom stereocenters. The van der Waals surface area contributed by atoms with E-state index < -0.39 is 0 Å². The second kappa shape index (κ2) is 17.0. The number of halogens is 2. The SMILES string of the molecule is CC[Si]CC.Cc1cc2ccccc2[cH-]1.Cc1cc2ccccc2[cH-]1.[I-].[I-].[Zr+4]. The standard InChI is InChI=1S/2C10H9.C4H10Si.2HI.Zr/c2*1-8-6-9-4-2-3-5-10(9)7-8;1-3-5-4-2;;;/h2*2-7H,1H3;3-4H2,1-2H3;2*1H;/q2*-1;;;;+4/p-2. The third-order valence-corrected chi connectivity index (χ3v) is 5.02. The van der Waals surface area contributed by atoms with Gasteiger partial charge < -0.3 is 48.0 Å². The van der Waals surface area contributed by atoms with Crippen LogP contribution in [0.3, 0.4) is 0 Å². The van der Waals surface area contributed by atoms with Crippen LogP contribution in [0.25, 0.3) is 21.5 Å². The van der Waals surface area contributed by atoms with E-state index in [-0.39, 0.29) is 74.2 Å². The molecule has 0 N–H and O–H groups in total. The maximum atomic E-state index is 2.22. The van der Waals surface area contributed by atoms with Crippen molar-refractivity contribution in [3.63, 3.8) is 0 Å². The Balaban J connectivity index is 0. The normalized spacial score (nSPS) is 9.00. The summed E-state index contributed by atoms with van der Waals surface area (Å²) in [7, 11) is 1.20. The molecule has 4 aromatic carbocycles. The Morgan fingerprint density at radius 2 is 1.04 bits per heavy atom. The van der Waals surface area contributed by atoms with Crippen LogP contribution in [0, 0.1) is 13.8 Å². The van der Waals surface area contributed by atoms with Crippen molar-refractivity contribution in [2.75, 3.05) is 0 Å². The maximum absolute atomic E-state index is 2.22. The van der Waals surface area contributed by atoms with E-state index in [4.69, 9.17) is 0 Å². The van der Waals surface area contributed by atoms with Crippen LogP contribution in [0.4, 0.5) is 0 Å². The van der Waals surface area contributed by atoms with Gasteiger partial charge in [-0.05, 0) is 0 Å². The molecule has 4 aromatic rings. The largest absolute Gasteiger partial charge is 4.00 e. The van der Waals surface area contributed by atoms with Crippen molar-refractivity contribution < 1.29 is 74.2 Å². The van der Waals surface area contributed by atoms with Crippen molar-refractivity contribution in [1.29, 1.82) is 0 Å². The Morgan fingerprint density at radius 1 is 0.679 bits per heavy atom. The van der Waals surface area contributed by atoms with Crippen LogP contribution < -0.4 is 48.0 Å². The molecule has 0 saturated carbocycles. The van der Waals surface area contributed by atoms with Gasteiger partial charge in [0.1, 0.15) is 0 Å². The van der Waals surface area contributed by atoms with E-state index in [1.165, 1.54) is 54.3 Å². The first-order valence-corrected chi connectivity index (χ1v) is 10.5. The van der Waals surface area contributed by atoms with Gasteiger partial charge in [-0.15, -0.1) is 81.2 Å². The molecule has 4 rings (SSSR count). The van der Waals surface area contributed by atoms with Gasteiger partial charge in [-0.1, -0.05) is 51.9 Å². The summed E-state index contributed by atoms with van der Waals surface area (Å²) in [5, 5.41) is 5.39. The van der Waals surface area contributed by atoms with E-state index in [1.54, 1.807) is 0 Å². The molecule has 0 bridgehead atoms. The minimum Gasteiger partial charge on any atom is -1.00 e. The molecule has 28 heavy (non-hydrogen) atoms. The fourth-order valence-corrected chi connectivity index (χ4v) is 3.36. The molecule has 0 heterocycles. The van der Waals surface area contributed by atoms with Crippen LogP contribution in [0.2, 0.25) is 12.1 Å². The zero-order chi connectivity index (χ0) is 18.1. The monoisotopic (exact) mass is 688 g/mol. The Hall–Kier alpha value is 0.220. The second-order valence-corrected chi connectivity index (χ2v) is 8.19. The van der Waals surface area contributed by atoms with Gasteiger partial charge in [0.25, 0.3) is 0 Å². The summed E-state index contributed by atoms with van der Waals surface area (Å²) in [5.41, 5.74) is 2.70. The van der Waals surface area contributed by atoms with Crippen LogP contribution in [0.15, 0.2) is 72.8 Å². The molecule has 0 aromatic heterocycles. The number of fused-ring (bicyclic) bond motifs is 2. The summed E-state index contributed by atoms with van der Waals surface area (Å²) in [6.07, 6.45) is 0. The first kappa shape index (κ1) is 30.4. The van der Waals surface area contributed by atoms with Crippen LogP contribution in [-0.4, -0.2) is 9.52 Å². The number of rotatable bonds is 2.